The van der Waals surface area contributed by atoms with E-state index >= 15 is 0 Å². The molecule has 264 valence electrons. The van der Waals surface area contributed by atoms with Crippen molar-refractivity contribution in [3.05, 3.63) is 23.3 Å². The monoisotopic (exact) mass is 664 g/mol. The average molecular weight is 665 g/mol. The third kappa shape index (κ3) is 4.64. The molecular weight excluding hydrogens is 608 g/mol. The summed E-state index contributed by atoms with van der Waals surface area (Å²) in [7, 11) is 1.80. The number of hydrogen-bond acceptors (Lipinski definition) is 8. The van der Waals surface area contributed by atoms with Crippen molar-refractivity contribution in [3.8, 4) is 11.5 Å². The molecule has 4 saturated carbocycles. The van der Waals surface area contributed by atoms with Gasteiger partial charge >= 0.3 is 6.09 Å². The lowest BCUT2D eigenvalue weighted by Gasteiger charge is -2.75. The van der Waals surface area contributed by atoms with E-state index in [0.29, 0.717) is 17.5 Å². The third-order valence-corrected chi connectivity index (χ3v) is 14.3. The summed E-state index contributed by atoms with van der Waals surface area (Å²) < 4.78 is 19.9. The molecule has 5 aliphatic carbocycles. The normalized spacial score (nSPS) is 36.8. The van der Waals surface area contributed by atoms with Crippen LogP contribution in [0.3, 0.4) is 0 Å². The third-order valence-electron chi connectivity index (χ3n) is 14.3. The van der Waals surface area contributed by atoms with Crippen molar-refractivity contribution in [2.24, 2.45) is 22.7 Å². The van der Waals surface area contributed by atoms with Crippen molar-refractivity contribution < 1.29 is 28.9 Å². The molecule has 1 aromatic carbocycles. The Balaban J connectivity index is 1.12. The average Bonchev–Trinajstić information content (AvgIpc) is 3.84. The smallest absolute Gasteiger partial charge is 0.413 e. The molecule has 10 heteroatoms. The van der Waals surface area contributed by atoms with E-state index in [1.165, 1.54) is 36.8 Å². The highest BCUT2D eigenvalue weighted by Gasteiger charge is 2.82. The van der Waals surface area contributed by atoms with Crippen LogP contribution in [-0.4, -0.2) is 90.2 Å². The molecule has 3 heterocycles. The first-order chi connectivity index (χ1) is 22.9. The highest BCUT2D eigenvalue weighted by atomic mass is 16.6. The lowest BCUT2D eigenvalue weighted by atomic mass is 9.33. The van der Waals surface area contributed by atoms with Crippen LogP contribution in [0.5, 0.6) is 11.5 Å². The molecule has 8 aliphatic rings. The number of amides is 2. The zero-order valence-corrected chi connectivity index (χ0v) is 29.7. The minimum Gasteiger partial charge on any atom is -0.482 e. The van der Waals surface area contributed by atoms with Crippen LogP contribution in [0, 0.1) is 22.7 Å². The Morgan fingerprint density at radius 2 is 1.79 bits per heavy atom. The van der Waals surface area contributed by atoms with Crippen LogP contribution in [0.25, 0.3) is 0 Å². The highest BCUT2D eigenvalue weighted by Crippen LogP contribution is 2.78. The Bertz CT molecular complexity index is 1460. The number of carbonyl (C=O) groups is 2. The Labute approximate surface area is 285 Å². The molecule has 2 saturated heterocycles. The number of methoxy groups -OCH3 is 1. The number of rotatable bonds is 8. The number of fused-ring (bicyclic) bond motifs is 2. The van der Waals surface area contributed by atoms with Crippen LogP contribution < -0.4 is 20.2 Å². The zero-order chi connectivity index (χ0) is 33.7. The molecule has 0 aromatic heterocycles. The summed E-state index contributed by atoms with van der Waals surface area (Å²) in [5.74, 6) is 1.45. The van der Waals surface area contributed by atoms with Gasteiger partial charge in [0, 0.05) is 55.1 Å². The van der Waals surface area contributed by atoms with E-state index in [9.17, 15) is 14.7 Å². The predicted octanol–water partition coefficient (Wildman–Crippen LogP) is 4.70. The number of aliphatic hydroxyl groups is 1. The Hall–Kier alpha value is -2.40. The lowest BCUT2D eigenvalue weighted by molar-refractivity contribution is -0.312. The van der Waals surface area contributed by atoms with Gasteiger partial charge in [-0.25, -0.2) is 9.80 Å². The molecular formula is C38H56N4O6. The molecule has 48 heavy (non-hydrogen) atoms. The van der Waals surface area contributed by atoms with Gasteiger partial charge in [0.15, 0.2) is 11.5 Å². The number of hydrazine groups is 1. The fourth-order valence-corrected chi connectivity index (χ4v) is 11.3. The van der Waals surface area contributed by atoms with E-state index < -0.39 is 17.3 Å². The minimum atomic E-state index is -1.00. The van der Waals surface area contributed by atoms with E-state index in [1.54, 1.807) is 7.11 Å². The van der Waals surface area contributed by atoms with Gasteiger partial charge in [-0.1, -0.05) is 39.7 Å². The molecule has 0 radical (unpaired) electrons. The summed E-state index contributed by atoms with van der Waals surface area (Å²) in [4.78, 5) is 28.7. The van der Waals surface area contributed by atoms with Crippen LogP contribution in [-0.2, 0) is 21.4 Å². The fourth-order valence-electron chi connectivity index (χ4n) is 11.3. The number of hydrogen-bond donors (Lipinski definition) is 3. The minimum absolute atomic E-state index is 0.0878. The van der Waals surface area contributed by atoms with Crippen molar-refractivity contribution in [2.75, 3.05) is 39.8 Å². The van der Waals surface area contributed by atoms with Crippen molar-refractivity contribution in [3.63, 3.8) is 0 Å². The first-order valence-corrected chi connectivity index (χ1v) is 18.7. The molecule has 2 spiro atoms. The van der Waals surface area contributed by atoms with E-state index in [2.05, 4.69) is 42.5 Å². The van der Waals surface area contributed by atoms with E-state index in [4.69, 9.17) is 14.2 Å². The Kier molecular flexibility index (Phi) is 7.72. The quantitative estimate of drug-likeness (QED) is 0.367. The highest BCUT2D eigenvalue weighted by molar-refractivity contribution is 5.82. The van der Waals surface area contributed by atoms with E-state index in [-0.39, 0.29) is 40.7 Å². The molecule has 2 amide bonds. The topological polar surface area (TPSA) is 113 Å². The summed E-state index contributed by atoms with van der Waals surface area (Å²) in [5.41, 5.74) is 2.97. The van der Waals surface area contributed by atoms with Gasteiger partial charge in [0.25, 0.3) is 5.91 Å². The lowest BCUT2D eigenvalue weighted by Crippen LogP contribution is -2.83. The maximum atomic E-state index is 13.2. The number of ether oxygens (including phenoxy) is 3. The summed E-state index contributed by atoms with van der Waals surface area (Å²) in [5, 5.41) is 17.1. The van der Waals surface area contributed by atoms with Crippen LogP contribution in [0.4, 0.5) is 4.79 Å². The van der Waals surface area contributed by atoms with Crippen molar-refractivity contribution in [2.45, 2.75) is 127 Å². The number of likely N-dealkylation sites (tertiary alicyclic amines) is 1. The summed E-state index contributed by atoms with van der Waals surface area (Å²) in [6.07, 6.45) is 10.8. The summed E-state index contributed by atoms with van der Waals surface area (Å²) in [6.45, 7) is 12.1. The Morgan fingerprint density at radius 1 is 1.04 bits per heavy atom. The first-order valence-electron chi connectivity index (χ1n) is 18.7. The zero-order valence-electron chi connectivity index (χ0n) is 29.7. The molecule has 10 nitrogen and oxygen atoms in total. The second kappa shape index (κ2) is 11.3. The van der Waals surface area contributed by atoms with Crippen molar-refractivity contribution >= 4 is 12.0 Å². The van der Waals surface area contributed by atoms with Gasteiger partial charge in [-0.2, -0.15) is 0 Å². The fraction of sp³-hybridized carbons (Fsp3) is 0.789. The molecule has 9 rings (SSSR count). The number of nitrogens with one attached hydrogen (secondary N) is 2. The maximum absolute atomic E-state index is 13.2. The second-order valence-corrected chi connectivity index (χ2v) is 17.5. The number of nitrogens with zero attached hydrogens (tertiary/aromatic N) is 2. The summed E-state index contributed by atoms with van der Waals surface area (Å²) >= 11 is 0. The van der Waals surface area contributed by atoms with Crippen molar-refractivity contribution in [1.82, 2.24) is 20.7 Å². The number of carbonyl (C=O) groups excluding carboxylic acids is 2. The molecule has 6 fully saturated rings. The van der Waals surface area contributed by atoms with Gasteiger partial charge in [-0.15, -0.1) is 0 Å². The molecule has 4 bridgehead atoms. The predicted molar refractivity (Wildman–Crippen MR) is 181 cm³/mol. The Morgan fingerprint density at radius 3 is 2.48 bits per heavy atom. The molecule has 7 atom stereocenters. The van der Waals surface area contributed by atoms with Gasteiger partial charge in [0.2, 0.25) is 0 Å². The molecule has 3 aliphatic heterocycles. The molecule has 3 N–H and O–H groups in total. The van der Waals surface area contributed by atoms with E-state index in [0.717, 1.165) is 77.0 Å². The summed E-state index contributed by atoms with van der Waals surface area (Å²) in [6, 6.07) is 4.39. The van der Waals surface area contributed by atoms with Gasteiger partial charge in [0.05, 0.1) is 5.60 Å². The molecule has 1 aromatic rings. The van der Waals surface area contributed by atoms with Crippen molar-refractivity contribution in [1.29, 1.82) is 0 Å². The van der Waals surface area contributed by atoms with Gasteiger partial charge in [-0.3, -0.25) is 15.1 Å². The van der Waals surface area contributed by atoms with Crippen LogP contribution >= 0.6 is 0 Å². The first kappa shape index (κ1) is 32.8. The van der Waals surface area contributed by atoms with Crippen LogP contribution in [0.2, 0.25) is 0 Å². The van der Waals surface area contributed by atoms with Gasteiger partial charge < -0.3 is 24.6 Å². The number of piperidine rings is 1. The molecule has 7 unspecified atom stereocenters. The van der Waals surface area contributed by atoms with Gasteiger partial charge in [-0.05, 0) is 94.2 Å². The van der Waals surface area contributed by atoms with Crippen LogP contribution in [0.1, 0.15) is 103 Å². The largest absolute Gasteiger partial charge is 0.482 e. The SMILES string of the molecule is COC12CCC3(CC1C(C)(O)C(C)(C)C)C1Cc4ccc(OC(=O)NCC(=O)NN5CCCCCC5)c5c4C3(CCN1CC1CC1)C2O5. The van der Waals surface area contributed by atoms with E-state index in [1.807, 2.05) is 18.0 Å². The maximum Gasteiger partial charge on any atom is 0.413 e. The van der Waals surface area contributed by atoms with Gasteiger partial charge in [0.1, 0.15) is 18.2 Å². The number of benzene rings is 1. The second-order valence-electron chi connectivity index (χ2n) is 17.5. The van der Waals surface area contributed by atoms with Crippen LogP contribution in [0.15, 0.2) is 12.1 Å². The standard InChI is InChI=1S/C38H56N4O6/c1-34(2,3)35(4,45)27-21-36-14-15-38(27,46-5)32-37(36)16-19-41(23-24-10-11-24)28(36)20-25-12-13-26(31(48-32)30(25)37)47-33(44)39-22-29(43)40-42-17-8-6-7-9-18-42/h12-13,24,27-28,32,45H,6-11,14-23H2,1-5H3,(H,39,44)(H,40,43).